The number of rotatable bonds is 7. The number of aromatic nitrogens is 6. The van der Waals surface area contributed by atoms with E-state index in [1.54, 1.807) is 13.3 Å². The van der Waals surface area contributed by atoms with Crippen molar-refractivity contribution in [3.05, 3.63) is 55.3 Å². The molecule has 35 heavy (non-hydrogen) atoms. The van der Waals surface area contributed by atoms with Gasteiger partial charge >= 0.3 is 0 Å². The summed E-state index contributed by atoms with van der Waals surface area (Å²) >= 11 is 0. The number of carbonyl (C=O) groups is 1. The van der Waals surface area contributed by atoms with Crippen LogP contribution in [-0.2, 0) is 9.53 Å². The Kier molecular flexibility index (Phi) is 6.44. The van der Waals surface area contributed by atoms with E-state index >= 15 is 0 Å². The smallest absolute Gasteiger partial charge is 0.246 e. The molecule has 1 amide bonds. The van der Waals surface area contributed by atoms with Crippen molar-refractivity contribution >= 4 is 40.1 Å². The molecule has 0 saturated carbocycles. The van der Waals surface area contributed by atoms with Gasteiger partial charge in [0.05, 0.1) is 23.9 Å². The van der Waals surface area contributed by atoms with Crippen molar-refractivity contribution in [2.45, 2.75) is 38.5 Å². The van der Waals surface area contributed by atoms with Crippen LogP contribution in [0.15, 0.2) is 49.4 Å². The first-order chi connectivity index (χ1) is 17.1. The first-order valence-electron chi connectivity index (χ1n) is 11.3. The highest BCUT2D eigenvalue weighted by Crippen LogP contribution is 2.28. The number of nitrogens with one attached hydrogen (secondary N) is 3. The van der Waals surface area contributed by atoms with E-state index in [1.165, 1.54) is 43.1 Å². The first kappa shape index (κ1) is 22.6. The molecule has 0 bridgehead atoms. The Hall–Kier alpha value is -4.19. The summed E-state index contributed by atoms with van der Waals surface area (Å²) in [4.78, 5) is 34.2. The van der Waals surface area contributed by atoms with Gasteiger partial charge in [-0.1, -0.05) is 0 Å². The topological polar surface area (TPSA) is 132 Å². The Bertz CT molecular complexity index is 1330. The number of halogens is 1. The molecule has 5 rings (SSSR count). The standard InChI is InChI=1S/C23H24FN9O2/c1-14(23(34)32-16-6-5-15(24)10-17(16)31-18-11-25-7-8-26-18)30-21-20-22(28-12-27-21)33(13-29-20)19-4-2-3-9-35-19/h5-8,10-14,19H,2-4,9H2,1H3,(H,26,31)(H,32,34)(H,27,28,30). The lowest BCUT2D eigenvalue weighted by Crippen LogP contribution is -2.32. The lowest BCUT2D eigenvalue weighted by Gasteiger charge is -2.23. The molecule has 180 valence electrons. The molecule has 1 fully saturated rings. The molecular weight excluding hydrogens is 453 g/mol. The van der Waals surface area contributed by atoms with Crippen LogP contribution in [0.5, 0.6) is 0 Å². The number of benzene rings is 1. The lowest BCUT2D eigenvalue weighted by atomic mass is 10.2. The second kappa shape index (κ2) is 9.97. The van der Waals surface area contributed by atoms with Crippen molar-refractivity contribution in [1.82, 2.24) is 29.5 Å². The maximum Gasteiger partial charge on any atom is 0.246 e. The van der Waals surface area contributed by atoms with Crippen LogP contribution in [0.4, 0.5) is 27.4 Å². The Labute approximate surface area is 200 Å². The maximum absolute atomic E-state index is 13.9. The number of imidazole rings is 1. The predicted molar refractivity (Wildman–Crippen MR) is 128 cm³/mol. The van der Waals surface area contributed by atoms with Gasteiger partial charge in [-0.25, -0.2) is 24.3 Å². The van der Waals surface area contributed by atoms with Gasteiger partial charge in [0.25, 0.3) is 0 Å². The SMILES string of the molecule is CC(Nc1ncnc2c1ncn2C1CCCCO1)C(=O)Nc1ccc(F)cc1Nc1cnccn1. The van der Waals surface area contributed by atoms with Crippen LogP contribution in [0, 0.1) is 5.82 Å². The molecule has 0 spiro atoms. The van der Waals surface area contributed by atoms with Crippen molar-refractivity contribution in [3.8, 4) is 0 Å². The number of fused-ring (bicyclic) bond motifs is 1. The summed E-state index contributed by atoms with van der Waals surface area (Å²) in [6, 6.07) is 3.34. The third kappa shape index (κ3) is 5.01. The highest BCUT2D eigenvalue weighted by Gasteiger charge is 2.22. The van der Waals surface area contributed by atoms with Crippen LogP contribution < -0.4 is 16.0 Å². The summed E-state index contributed by atoms with van der Waals surface area (Å²) in [6.45, 7) is 2.40. The highest BCUT2D eigenvalue weighted by atomic mass is 19.1. The Morgan fingerprint density at radius 1 is 1.17 bits per heavy atom. The number of amides is 1. The third-order valence-electron chi connectivity index (χ3n) is 5.64. The molecular formula is C23H24FN9O2. The molecule has 0 aliphatic carbocycles. The number of anilines is 4. The van der Waals surface area contributed by atoms with E-state index < -0.39 is 11.9 Å². The van der Waals surface area contributed by atoms with Gasteiger partial charge in [0.2, 0.25) is 5.91 Å². The average Bonchev–Trinajstić information content (AvgIpc) is 3.32. The van der Waals surface area contributed by atoms with Gasteiger partial charge in [-0.3, -0.25) is 14.3 Å². The third-order valence-corrected chi connectivity index (χ3v) is 5.64. The monoisotopic (exact) mass is 477 g/mol. The van der Waals surface area contributed by atoms with Crippen LogP contribution in [0.1, 0.15) is 32.4 Å². The molecule has 1 saturated heterocycles. The van der Waals surface area contributed by atoms with Crippen molar-refractivity contribution in [2.24, 2.45) is 0 Å². The van der Waals surface area contributed by atoms with E-state index in [0.717, 1.165) is 19.3 Å². The molecule has 4 heterocycles. The fourth-order valence-electron chi connectivity index (χ4n) is 3.85. The number of hydrogen-bond donors (Lipinski definition) is 3. The zero-order valence-corrected chi connectivity index (χ0v) is 19.0. The number of ether oxygens (including phenoxy) is 1. The molecule has 1 aliphatic heterocycles. The number of nitrogens with zero attached hydrogens (tertiary/aromatic N) is 6. The second-order valence-electron chi connectivity index (χ2n) is 8.13. The summed E-state index contributed by atoms with van der Waals surface area (Å²) in [7, 11) is 0. The van der Waals surface area contributed by atoms with Crippen LogP contribution in [-0.4, -0.2) is 48.0 Å². The molecule has 1 aliphatic rings. The predicted octanol–water partition coefficient (Wildman–Crippen LogP) is 3.64. The van der Waals surface area contributed by atoms with Gasteiger partial charge in [0, 0.05) is 19.0 Å². The molecule has 12 heteroatoms. The van der Waals surface area contributed by atoms with Crippen molar-refractivity contribution in [3.63, 3.8) is 0 Å². The van der Waals surface area contributed by atoms with Crippen molar-refractivity contribution < 1.29 is 13.9 Å². The fraction of sp³-hybridized carbons (Fsp3) is 0.304. The lowest BCUT2D eigenvalue weighted by molar-refractivity contribution is -0.116. The van der Waals surface area contributed by atoms with Gasteiger partial charge in [0.1, 0.15) is 30.2 Å². The zero-order valence-electron chi connectivity index (χ0n) is 19.0. The van der Waals surface area contributed by atoms with Gasteiger partial charge < -0.3 is 20.7 Å². The minimum Gasteiger partial charge on any atom is -0.358 e. The minimum atomic E-state index is -0.682. The summed E-state index contributed by atoms with van der Waals surface area (Å²) in [5.74, 6) is 0.0481. The molecule has 2 unspecified atom stereocenters. The second-order valence-corrected chi connectivity index (χ2v) is 8.13. The maximum atomic E-state index is 13.9. The summed E-state index contributed by atoms with van der Waals surface area (Å²) < 4.78 is 21.6. The van der Waals surface area contributed by atoms with Gasteiger partial charge in [-0.05, 0) is 44.4 Å². The first-order valence-corrected chi connectivity index (χ1v) is 11.3. The fourth-order valence-corrected chi connectivity index (χ4v) is 3.85. The summed E-state index contributed by atoms with van der Waals surface area (Å²) in [5.41, 5.74) is 1.92. The quantitative estimate of drug-likeness (QED) is 0.365. The average molecular weight is 478 g/mol. The van der Waals surface area contributed by atoms with Crippen LogP contribution in [0.25, 0.3) is 11.2 Å². The number of carbonyl (C=O) groups excluding carboxylic acids is 1. The van der Waals surface area contributed by atoms with E-state index in [1.807, 2.05) is 4.57 Å². The van der Waals surface area contributed by atoms with E-state index in [0.29, 0.717) is 40.8 Å². The van der Waals surface area contributed by atoms with Gasteiger partial charge in [0.15, 0.2) is 17.0 Å². The number of hydrogen-bond acceptors (Lipinski definition) is 9. The Morgan fingerprint density at radius 2 is 2.09 bits per heavy atom. The summed E-state index contributed by atoms with van der Waals surface area (Å²) in [6.07, 6.45) is 10.6. The van der Waals surface area contributed by atoms with Crippen LogP contribution in [0.3, 0.4) is 0 Å². The zero-order chi connectivity index (χ0) is 24.2. The van der Waals surface area contributed by atoms with Crippen LogP contribution >= 0.6 is 0 Å². The molecule has 3 N–H and O–H groups in total. The molecule has 4 aromatic rings. The van der Waals surface area contributed by atoms with Crippen molar-refractivity contribution in [1.29, 1.82) is 0 Å². The molecule has 11 nitrogen and oxygen atoms in total. The highest BCUT2D eigenvalue weighted by molar-refractivity contribution is 5.99. The largest absolute Gasteiger partial charge is 0.358 e. The van der Waals surface area contributed by atoms with E-state index in [2.05, 4.69) is 40.9 Å². The van der Waals surface area contributed by atoms with E-state index in [-0.39, 0.29) is 12.1 Å². The molecule has 3 aromatic heterocycles. The van der Waals surface area contributed by atoms with E-state index in [4.69, 9.17) is 4.74 Å². The van der Waals surface area contributed by atoms with Gasteiger partial charge in [-0.2, -0.15) is 0 Å². The molecule has 1 aromatic carbocycles. The van der Waals surface area contributed by atoms with Crippen molar-refractivity contribution in [2.75, 3.05) is 22.6 Å². The normalized spacial score (nSPS) is 16.6. The van der Waals surface area contributed by atoms with Gasteiger partial charge in [-0.15, -0.1) is 0 Å². The van der Waals surface area contributed by atoms with E-state index in [9.17, 15) is 9.18 Å². The molecule has 2 atom stereocenters. The molecule has 0 radical (unpaired) electrons. The van der Waals surface area contributed by atoms with Crippen LogP contribution in [0.2, 0.25) is 0 Å². The summed E-state index contributed by atoms with van der Waals surface area (Å²) in [5, 5.41) is 8.89. The minimum absolute atomic E-state index is 0.115. The Balaban J connectivity index is 1.32. The Morgan fingerprint density at radius 3 is 2.89 bits per heavy atom.